The van der Waals surface area contributed by atoms with Crippen molar-refractivity contribution in [2.75, 3.05) is 0 Å². The Morgan fingerprint density at radius 2 is 1.95 bits per heavy atom. The summed E-state index contributed by atoms with van der Waals surface area (Å²) < 4.78 is 16.5. The van der Waals surface area contributed by atoms with Gasteiger partial charge in [0.2, 0.25) is 5.60 Å². The molecule has 8 atom stereocenters. The average Bonchev–Trinajstić information content (AvgIpc) is 2.85. The maximum Gasteiger partial charge on any atom is 0.342 e. The molecule has 120 valence electrons. The lowest BCUT2D eigenvalue weighted by atomic mass is 9.52. The van der Waals surface area contributed by atoms with Gasteiger partial charge in [-0.25, -0.2) is 4.79 Å². The molecule has 0 aromatic rings. The van der Waals surface area contributed by atoms with Crippen molar-refractivity contribution in [2.45, 2.75) is 62.3 Å². The fraction of sp³-hybridized carbons (Fsp3) is 0.867. The molecule has 2 bridgehead atoms. The van der Waals surface area contributed by atoms with Gasteiger partial charge in [-0.3, -0.25) is 4.79 Å². The number of rotatable bonds is 1. The molecule has 5 aliphatic rings. The highest BCUT2D eigenvalue weighted by atomic mass is 16.7. The van der Waals surface area contributed by atoms with Crippen molar-refractivity contribution in [3.63, 3.8) is 0 Å². The van der Waals surface area contributed by atoms with Crippen LogP contribution < -0.4 is 0 Å². The molecular weight excluding hydrogens is 292 g/mol. The highest BCUT2D eigenvalue weighted by molar-refractivity contribution is 5.91. The quantitative estimate of drug-likeness (QED) is 0.479. The Kier molecular flexibility index (Phi) is 1.85. The summed E-state index contributed by atoms with van der Waals surface area (Å²) in [6, 6.07) is 0. The summed E-state index contributed by atoms with van der Waals surface area (Å²) in [6.45, 7) is 4.92. The monoisotopic (exact) mass is 310 g/mol. The van der Waals surface area contributed by atoms with Gasteiger partial charge in [0, 0.05) is 12.3 Å². The van der Waals surface area contributed by atoms with Gasteiger partial charge in [0.05, 0.1) is 22.5 Å². The molecule has 3 saturated heterocycles. The fourth-order valence-electron chi connectivity index (χ4n) is 5.83. The molecule has 0 aromatic heterocycles. The Balaban J connectivity index is 1.76. The van der Waals surface area contributed by atoms with Crippen LogP contribution >= 0.6 is 0 Å². The lowest BCUT2D eigenvalue weighted by molar-refractivity contribution is -0.223. The van der Waals surface area contributed by atoms with Gasteiger partial charge < -0.3 is 24.4 Å². The second-order valence-corrected chi connectivity index (χ2v) is 8.06. The van der Waals surface area contributed by atoms with E-state index < -0.39 is 64.3 Å². The minimum Gasteiger partial charge on any atom is -0.458 e. The average molecular weight is 310 g/mol. The van der Waals surface area contributed by atoms with E-state index in [-0.39, 0.29) is 6.42 Å². The number of hydrogen-bond donors (Lipinski definition) is 2. The maximum absolute atomic E-state index is 12.4. The molecule has 22 heavy (non-hydrogen) atoms. The first-order valence-corrected chi connectivity index (χ1v) is 7.63. The van der Waals surface area contributed by atoms with Crippen LogP contribution in [0.5, 0.6) is 0 Å². The molecule has 3 heterocycles. The van der Waals surface area contributed by atoms with Gasteiger partial charge in [-0.15, -0.1) is 0 Å². The maximum atomic E-state index is 12.4. The van der Waals surface area contributed by atoms with Gasteiger partial charge in [-0.05, 0) is 20.8 Å². The Morgan fingerprint density at radius 1 is 1.27 bits per heavy atom. The van der Waals surface area contributed by atoms with Crippen molar-refractivity contribution in [3.8, 4) is 0 Å². The topological polar surface area (TPSA) is 106 Å². The highest BCUT2D eigenvalue weighted by Crippen LogP contribution is 2.77. The Labute approximate surface area is 126 Å². The number of carbonyl (C=O) groups excluding carboxylic acids is 2. The van der Waals surface area contributed by atoms with Crippen molar-refractivity contribution >= 4 is 11.9 Å². The van der Waals surface area contributed by atoms with Crippen molar-refractivity contribution in [1.29, 1.82) is 0 Å². The molecule has 3 aliphatic heterocycles. The second kappa shape index (κ2) is 3.07. The lowest BCUT2D eigenvalue weighted by Gasteiger charge is -2.53. The van der Waals surface area contributed by atoms with Crippen LogP contribution in [-0.2, 0) is 23.8 Å². The van der Waals surface area contributed by atoms with E-state index in [0.717, 1.165) is 0 Å². The van der Waals surface area contributed by atoms with Gasteiger partial charge in [-0.2, -0.15) is 0 Å². The van der Waals surface area contributed by atoms with Gasteiger partial charge in [0.25, 0.3) is 0 Å². The van der Waals surface area contributed by atoms with Crippen LogP contribution in [0, 0.1) is 17.3 Å². The molecule has 7 heteroatoms. The van der Waals surface area contributed by atoms with E-state index in [4.69, 9.17) is 14.2 Å². The molecule has 0 amide bonds. The lowest BCUT2D eigenvalue weighted by Crippen LogP contribution is -2.68. The first-order valence-electron chi connectivity index (χ1n) is 7.63. The number of aliphatic hydroxyl groups is 2. The number of carbonyl (C=O) groups is 2. The standard InChI is InChI=1S/C15H18O7/c1-12(2,18)6-7-10(16)20-8(6)9-13(3)14(7,19)4-5-15(13,22-5)11(17)21-9/h5-9,18-19H,4H2,1-3H3/t5-,6+,7+,8+,9-,13+,14+,15+/m1/s1. The summed E-state index contributed by atoms with van der Waals surface area (Å²) in [5.74, 6) is -2.51. The number of hydrogen-bond acceptors (Lipinski definition) is 7. The Hall–Kier alpha value is -1.18. The third kappa shape index (κ3) is 0.962. The third-order valence-corrected chi connectivity index (χ3v) is 6.85. The minimum atomic E-state index is -1.47. The van der Waals surface area contributed by atoms with Gasteiger partial charge in [0.1, 0.15) is 12.2 Å². The summed E-state index contributed by atoms with van der Waals surface area (Å²) in [7, 11) is 0. The Bertz CT molecular complexity index is 638. The summed E-state index contributed by atoms with van der Waals surface area (Å²) >= 11 is 0. The second-order valence-electron chi connectivity index (χ2n) is 8.06. The van der Waals surface area contributed by atoms with E-state index in [1.807, 2.05) is 0 Å². The van der Waals surface area contributed by atoms with Gasteiger partial charge in [-0.1, -0.05) is 0 Å². The van der Waals surface area contributed by atoms with Crippen LogP contribution in [0.2, 0.25) is 0 Å². The number of esters is 2. The van der Waals surface area contributed by atoms with E-state index in [9.17, 15) is 19.8 Å². The molecule has 0 unspecified atom stereocenters. The summed E-state index contributed by atoms with van der Waals surface area (Å²) in [5, 5.41) is 21.9. The molecule has 0 aromatic carbocycles. The largest absolute Gasteiger partial charge is 0.458 e. The van der Waals surface area contributed by atoms with Crippen LogP contribution in [0.25, 0.3) is 0 Å². The minimum absolute atomic E-state index is 0.189. The molecule has 2 saturated carbocycles. The zero-order valence-electron chi connectivity index (χ0n) is 12.5. The number of ether oxygens (including phenoxy) is 3. The number of fused-ring (bicyclic) bond motifs is 4. The van der Waals surface area contributed by atoms with Gasteiger partial charge >= 0.3 is 11.9 Å². The summed E-state index contributed by atoms with van der Waals surface area (Å²) in [6.07, 6.45) is -1.78. The fourth-order valence-corrected chi connectivity index (χ4v) is 5.83. The predicted octanol–water partition coefficient (Wildman–Crippen LogP) is -0.867. The molecule has 7 nitrogen and oxygen atoms in total. The van der Waals surface area contributed by atoms with E-state index in [2.05, 4.69) is 0 Å². The zero-order valence-corrected chi connectivity index (χ0v) is 12.5. The van der Waals surface area contributed by atoms with Crippen molar-refractivity contribution in [3.05, 3.63) is 0 Å². The molecule has 5 rings (SSSR count). The zero-order chi connectivity index (χ0) is 15.9. The predicted molar refractivity (Wildman–Crippen MR) is 68.3 cm³/mol. The van der Waals surface area contributed by atoms with Crippen LogP contribution in [0.15, 0.2) is 0 Å². The van der Waals surface area contributed by atoms with Crippen LogP contribution in [0.4, 0.5) is 0 Å². The number of epoxide rings is 1. The summed E-state index contributed by atoms with van der Waals surface area (Å²) in [5.41, 5.74) is -4.89. The first-order chi connectivity index (χ1) is 10.1. The normalized spacial score (nSPS) is 60.7. The molecule has 2 aliphatic carbocycles. The highest BCUT2D eigenvalue weighted by Gasteiger charge is 2.95. The SMILES string of the molecule is CC(C)(O)[C@@H]1[C@@H]2OC(=O)[C@H]1[C@@]1(O)C[C@H]3O[C@]34C(=O)O[C@H]2[C@]41C. The Morgan fingerprint density at radius 3 is 2.59 bits per heavy atom. The van der Waals surface area contributed by atoms with E-state index in [1.54, 1.807) is 20.8 Å². The molecular formula is C15H18O7. The van der Waals surface area contributed by atoms with E-state index in [0.29, 0.717) is 0 Å². The first kappa shape index (κ1) is 13.3. The van der Waals surface area contributed by atoms with Crippen LogP contribution in [0.3, 0.4) is 0 Å². The van der Waals surface area contributed by atoms with Crippen molar-refractivity contribution in [1.82, 2.24) is 0 Å². The van der Waals surface area contributed by atoms with E-state index >= 15 is 0 Å². The van der Waals surface area contributed by atoms with Crippen molar-refractivity contribution in [2.24, 2.45) is 17.3 Å². The molecule has 0 radical (unpaired) electrons. The van der Waals surface area contributed by atoms with Crippen LogP contribution in [0.1, 0.15) is 27.2 Å². The van der Waals surface area contributed by atoms with Crippen molar-refractivity contribution < 1.29 is 34.0 Å². The molecule has 2 N–H and O–H groups in total. The molecule has 1 spiro atoms. The summed E-state index contributed by atoms with van der Waals surface area (Å²) in [4.78, 5) is 24.8. The van der Waals surface area contributed by atoms with Gasteiger partial charge in [0.15, 0.2) is 6.10 Å². The smallest absolute Gasteiger partial charge is 0.342 e. The third-order valence-electron chi connectivity index (χ3n) is 6.85. The van der Waals surface area contributed by atoms with E-state index in [1.165, 1.54) is 0 Å². The van der Waals surface area contributed by atoms with Crippen LogP contribution in [-0.4, -0.2) is 57.3 Å². The molecule has 5 fully saturated rings.